The Kier molecular flexibility index (Phi) is 5.11. The van der Waals surface area contributed by atoms with Gasteiger partial charge in [0.15, 0.2) is 0 Å². The van der Waals surface area contributed by atoms with Crippen LogP contribution >= 0.6 is 0 Å². The van der Waals surface area contributed by atoms with Crippen LogP contribution in [0.2, 0.25) is 0 Å². The van der Waals surface area contributed by atoms with Crippen molar-refractivity contribution >= 4 is 5.91 Å². The number of amides is 1. The Hall–Kier alpha value is -2.14. The fourth-order valence-corrected chi connectivity index (χ4v) is 2.29. The van der Waals surface area contributed by atoms with Gasteiger partial charge in [0, 0.05) is 37.8 Å². The third kappa shape index (κ3) is 3.70. The van der Waals surface area contributed by atoms with Crippen molar-refractivity contribution < 1.29 is 4.79 Å². The molecule has 0 saturated carbocycles. The molecule has 1 aromatic heterocycles. The molecule has 2 rings (SSSR count). The largest absolute Gasteiger partial charge is 0.359 e. The molecule has 112 valence electrons. The number of nitrogens with one attached hydrogen (secondary N) is 2. The van der Waals surface area contributed by atoms with Gasteiger partial charge < -0.3 is 10.6 Å². The van der Waals surface area contributed by atoms with Crippen molar-refractivity contribution in [2.45, 2.75) is 26.8 Å². The summed E-state index contributed by atoms with van der Waals surface area (Å²) < 4.78 is 1.96. The van der Waals surface area contributed by atoms with E-state index in [4.69, 9.17) is 0 Å². The average Bonchev–Trinajstić information content (AvgIpc) is 2.79. The van der Waals surface area contributed by atoms with Crippen molar-refractivity contribution in [1.82, 2.24) is 20.4 Å². The molecule has 0 fully saturated rings. The smallest absolute Gasteiger partial charge is 0.221 e. The van der Waals surface area contributed by atoms with Crippen molar-refractivity contribution in [1.29, 1.82) is 0 Å². The highest BCUT2D eigenvalue weighted by atomic mass is 16.1. The van der Waals surface area contributed by atoms with E-state index < -0.39 is 0 Å². The Morgan fingerprint density at radius 2 is 1.95 bits per heavy atom. The molecular weight excluding hydrogens is 264 g/mol. The minimum atomic E-state index is 0.0518. The second-order valence-corrected chi connectivity index (χ2v) is 5.00. The van der Waals surface area contributed by atoms with E-state index in [1.165, 1.54) is 5.56 Å². The molecule has 0 aliphatic rings. The lowest BCUT2D eigenvalue weighted by Gasteiger charge is -2.06. The first-order valence-corrected chi connectivity index (χ1v) is 7.15. The SMILES string of the molecule is CNC(=O)CCNCc1c(C)nn(-c2ccccc2)c1C. The van der Waals surface area contributed by atoms with E-state index in [0.717, 1.165) is 23.6 Å². The quantitative estimate of drug-likeness (QED) is 0.795. The zero-order valence-corrected chi connectivity index (χ0v) is 12.8. The maximum Gasteiger partial charge on any atom is 0.221 e. The van der Waals surface area contributed by atoms with Gasteiger partial charge in [0.2, 0.25) is 5.91 Å². The molecule has 0 saturated heterocycles. The summed E-state index contributed by atoms with van der Waals surface area (Å²) in [4.78, 5) is 11.2. The molecule has 5 nitrogen and oxygen atoms in total. The number of benzene rings is 1. The van der Waals surface area contributed by atoms with Crippen LogP contribution in [-0.2, 0) is 11.3 Å². The summed E-state index contributed by atoms with van der Waals surface area (Å²) in [5, 5.41) is 10.5. The topological polar surface area (TPSA) is 59.0 Å². The molecule has 2 aromatic rings. The number of aryl methyl sites for hydroxylation is 1. The normalized spacial score (nSPS) is 10.6. The molecule has 1 aromatic carbocycles. The molecule has 0 aliphatic heterocycles. The fourth-order valence-electron chi connectivity index (χ4n) is 2.29. The second kappa shape index (κ2) is 7.04. The average molecular weight is 286 g/mol. The van der Waals surface area contributed by atoms with E-state index in [9.17, 15) is 4.79 Å². The summed E-state index contributed by atoms with van der Waals surface area (Å²) in [5.41, 5.74) is 4.40. The van der Waals surface area contributed by atoms with Crippen molar-refractivity contribution in [3.05, 3.63) is 47.3 Å². The third-order valence-corrected chi connectivity index (χ3v) is 3.55. The first-order valence-electron chi connectivity index (χ1n) is 7.15. The lowest BCUT2D eigenvalue weighted by Crippen LogP contribution is -2.24. The molecule has 5 heteroatoms. The van der Waals surface area contributed by atoms with Gasteiger partial charge in [0.25, 0.3) is 0 Å². The molecule has 0 atom stereocenters. The zero-order chi connectivity index (χ0) is 15.2. The summed E-state index contributed by atoms with van der Waals surface area (Å²) in [5.74, 6) is 0.0518. The zero-order valence-electron chi connectivity index (χ0n) is 12.8. The van der Waals surface area contributed by atoms with Gasteiger partial charge in [-0.1, -0.05) is 18.2 Å². The Morgan fingerprint density at radius 3 is 2.62 bits per heavy atom. The predicted octanol–water partition coefficient (Wildman–Crippen LogP) is 1.71. The Bertz CT molecular complexity index is 604. The summed E-state index contributed by atoms with van der Waals surface area (Å²) in [6, 6.07) is 10.1. The molecular formula is C16H22N4O. The van der Waals surface area contributed by atoms with Crippen LogP contribution in [0, 0.1) is 13.8 Å². The minimum absolute atomic E-state index is 0.0518. The third-order valence-electron chi connectivity index (χ3n) is 3.55. The number of nitrogens with zero attached hydrogens (tertiary/aromatic N) is 2. The maximum absolute atomic E-state index is 11.2. The maximum atomic E-state index is 11.2. The minimum Gasteiger partial charge on any atom is -0.359 e. The number of aromatic nitrogens is 2. The molecule has 0 aliphatic carbocycles. The van der Waals surface area contributed by atoms with Crippen LogP contribution in [0.4, 0.5) is 0 Å². The van der Waals surface area contributed by atoms with E-state index >= 15 is 0 Å². The number of carbonyl (C=O) groups is 1. The molecule has 1 heterocycles. The molecule has 0 radical (unpaired) electrons. The second-order valence-electron chi connectivity index (χ2n) is 5.00. The molecule has 0 unspecified atom stereocenters. The lowest BCUT2D eigenvalue weighted by molar-refractivity contribution is -0.120. The Balaban J connectivity index is 2.04. The molecule has 21 heavy (non-hydrogen) atoms. The van der Waals surface area contributed by atoms with Crippen molar-refractivity contribution in [2.24, 2.45) is 0 Å². The van der Waals surface area contributed by atoms with Gasteiger partial charge in [-0.2, -0.15) is 5.10 Å². The van der Waals surface area contributed by atoms with Crippen LogP contribution < -0.4 is 10.6 Å². The first kappa shape index (κ1) is 15.3. The summed E-state index contributed by atoms with van der Waals surface area (Å²) in [6.07, 6.45) is 0.488. The fraction of sp³-hybridized carbons (Fsp3) is 0.375. The van der Waals surface area contributed by atoms with Gasteiger partial charge in [-0.05, 0) is 26.0 Å². The highest BCUT2D eigenvalue weighted by Crippen LogP contribution is 2.17. The van der Waals surface area contributed by atoms with E-state index in [1.54, 1.807) is 7.05 Å². The van der Waals surface area contributed by atoms with Crippen molar-refractivity contribution in [3.8, 4) is 5.69 Å². The number of carbonyl (C=O) groups excluding carboxylic acids is 1. The first-order chi connectivity index (χ1) is 10.1. The number of hydrogen-bond acceptors (Lipinski definition) is 3. The van der Waals surface area contributed by atoms with Gasteiger partial charge >= 0.3 is 0 Å². The van der Waals surface area contributed by atoms with Crippen LogP contribution in [0.1, 0.15) is 23.4 Å². The van der Waals surface area contributed by atoms with Gasteiger partial charge in [-0.3, -0.25) is 4.79 Å². The van der Waals surface area contributed by atoms with Crippen LogP contribution in [0.3, 0.4) is 0 Å². The molecule has 0 bridgehead atoms. The van der Waals surface area contributed by atoms with Gasteiger partial charge in [0.1, 0.15) is 0 Å². The van der Waals surface area contributed by atoms with Crippen LogP contribution in [0.25, 0.3) is 5.69 Å². The van der Waals surface area contributed by atoms with Crippen molar-refractivity contribution in [2.75, 3.05) is 13.6 Å². The van der Waals surface area contributed by atoms with Crippen LogP contribution in [-0.4, -0.2) is 29.3 Å². The van der Waals surface area contributed by atoms with Gasteiger partial charge in [-0.15, -0.1) is 0 Å². The van der Waals surface area contributed by atoms with Crippen LogP contribution in [0.5, 0.6) is 0 Å². The van der Waals surface area contributed by atoms with Gasteiger partial charge in [-0.25, -0.2) is 4.68 Å². The lowest BCUT2D eigenvalue weighted by atomic mass is 10.2. The highest BCUT2D eigenvalue weighted by molar-refractivity contribution is 5.75. The van der Waals surface area contributed by atoms with E-state index in [-0.39, 0.29) is 5.91 Å². The highest BCUT2D eigenvalue weighted by Gasteiger charge is 2.12. The number of rotatable bonds is 6. The molecule has 0 spiro atoms. The Labute approximate surface area is 125 Å². The Morgan fingerprint density at radius 1 is 1.24 bits per heavy atom. The molecule has 1 amide bonds. The standard InChI is InChI=1S/C16H22N4O/c1-12-15(11-18-10-9-16(21)17-3)13(2)20(19-12)14-7-5-4-6-8-14/h4-8,18H,9-11H2,1-3H3,(H,17,21). The predicted molar refractivity (Wildman–Crippen MR) is 83.4 cm³/mol. The number of para-hydroxylation sites is 1. The van der Waals surface area contributed by atoms with E-state index in [2.05, 4.69) is 22.7 Å². The van der Waals surface area contributed by atoms with Crippen LogP contribution in [0.15, 0.2) is 30.3 Å². The monoisotopic (exact) mass is 286 g/mol. The molecule has 2 N–H and O–H groups in total. The summed E-state index contributed by atoms with van der Waals surface area (Å²) >= 11 is 0. The number of hydrogen-bond donors (Lipinski definition) is 2. The summed E-state index contributed by atoms with van der Waals surface area (Å²) in [7, 11) is 1.65. The van der Waals surface area contributed by atoms with Gasteiger partial charge in [0.05, 0.1) is 11.4 Å². The van der Waals surface area contributed by atoms with E-state index in [1.807, 2.05) is 41.9 Å². The summed E-state index contributed by atoms with van der Waals surface area (Å²) in [6.45, 7) is 5.47. The van der Waals surface area contributed by atoms with E-state index in [0.29, 0.717) is 13.0 Å². The van der Waals surface area contributed by atoms with Crippen molar-refractivity contribution in [3.63, 3.8) is 0 Å².